The van der Waals surface area contributed by atoms with Gasteiger partial charge in [-0.1, -0.05) is 37.3 Å². The van der Waals surface area contributed by atoms with Crippen molar-refractivity contribution in [2.24, 2.45) is 0 Å². The van der Waals surface area contributed by atoms with Crippen LogP contribution in [0.5, 0.6) is 0 Å². The monoisotopic (exact) mass is 365 g/mol. The van der Waals surface area contributed by atoms with Gasteiger partial charge in [-0.05, 0) is 49.1 Å². The van der Waals surface area contributed by atoms with Crippen LogP contribution in [0, 0.1) is 13.8 Å². The number of piperazine rings is 1. The smallest absolute Gasteiger partial charge is 0.225 e. The summed E-state index contributed by atoms with van der Waals surface area (Å²) in [5.41, 5.74) is 6.21. The molecule has 0 aromatic heterocycles. The van der Waals surface area contributed by atoms with Crippen LogP contribution < -0.4 is 10.2 Å². The predicted molar refractivity (Wildman–Crippen MR) is 114 cm³/mol. The van der Waals surface area contributed by atoms with E-state index in [2.05, 4.69) is 60.2 Å². The largest absolute Gasteiger partial charge is 0.369 e. The maximum atomic E-state index is 12.3. The molecule has 4 nitrogen and oxygen atoms in total. The second kappa shape index (κ2) is 9.05. The molecule has 27 heavy (non-hydrogen) atoms. The Morgan fingerprint density at radius 1 is 1.00 bits per heavy atom. The summed E-state index contributed by atoms with van der Waals surface area (Å²) in [6, 6.07) is 14.6. The highest BCUT2D eigenvalue weighted by atomic mass is 16.1. The SMILES string of the molecule is CCc1ccccc1NC(=O)CCN1CCN(c2cccc(C)c2C)CC1. The highest BCUT2D eigenvalue weighted by molar-refractivity contribution is 5.91. The molecule has 0 unspecified atom stereocenters. The van der Waals surface area contributed by atoms with Crippen molar-refractivity contribution in [3.05, 3.63) is 59.2 Å². The molecule has 0 spiro atoms. The molecule has 0 bridgehead atoms. The molecule has 1 N–H and O–H groups in total. The number of hydrogen-bond acceptors (Lipinski definition) is 3. The van der Waals surface area contributed by atoms with Gasteiger partial charge in [0.1, 0.15) is 0 Å². The third-order valence-corrected chi connectivity index (χ3v) is 5.62. The van der Waals surface area contributed by atoms with Crippen LogP contribution in [0.3, 0.4) is 0 Å². The molecule has 144 valence electrons. The van der Waals surface area contributed by atoms with E-state index in [9.17, 15) is 4.79 Å². The first-order valence-electron chi connectivity index (χ1n) is 9.99. The third kappa shape index (κ3) is 4.89. The quantitative estimate of drug-likeness (QED) is 0.840. The lowest BCUT2D eigenvalue weighted by Crippen LogP contribution is -2.47. The van der Waals surface area contributed by atoms with Crippen LogP contribution >= 0.6 is 0 Å². The summed E-state index contributed by atoms with van der Waals surface area (Å²) in [6.07, 6.45) is 1.47. The number of carbonyl (C=O) groups excluding carboxylic acids is 1. The van der Waals surface area contributed by atoms with Crippen molar-refractivity contribution < 1.29 is 4.79 Å². The van der Waals surface area contributed by atoms with Gasteiger partial charge in [0.05, 0.1) is 0 Å². The lowest BCUT2D eigenvalue weighted by atomic mass is 10.1. The van der Waals surface area contributed by atoms with Gasteiger partial charge < -0.3 is 10.2 Å². The molecule has 0 atom stereocenters. The van der Waals surface area contributed by atoms with E-state index in [0.29, 0.717) is 6.42 Å². The number of carbonyl (C=O) groups is 1. The van der Waals surface area contributed by atoms with E-state index in [4.69, 9.17) is 0 Å². The van der Waals surface area contributed by atoms with E-state index in [1.54, 1.807) is 0 Å². The second-order valence-corrected chi connectivity index (χ2v) is 7.36. The van der Waals surface area contributed by atoms with Gasteiger partial charge in [-0.3, -0.25) is 9.69 Å². The zero-order valence-electron chi connectivity index (χ0n) is 16.8. The van der Waals surface area contributed by atoms with Crippen molar-refractivity contribution in [1.29, 1.82) is 0 Å². The van der Waals surface area contributed by atoms with Crippen molar-refractivity contribution >= 4 is 17.3 Å². The number of nitrogens with one attached hydrogen (secondary N) is 1. The van der Waals surface area contributed by atoms with Crippen molar-refractivity contribution in [1.82, 2.24) is 4.90 Å². The number of hydrogen-bond donors (Lipinski definition) is 1. The van der Waals surface area contributed by atoms with Crippen molar-refractivity contribution in [3.8, 4) is 0 Å². The number of nitrogens with zero attached hydrogens (tertiary/aromatic N) is 2. The van der Waals surface area contributed by atoms with Gasteiger partial charge in [0.2, 0.25) is 5.91 Å². The van der Waals surface area contributed by atoms with Gasteiger partial charge in [0, 0.05) is 50.5 Å². The summed E-state index contributed by atoms with van der Waals surface area (Å²) in [5.74, 6) is 0.104. The number of benzene rings is 2. The van der Waals surface area contributed by atoms with Gasteiger partial charge in [0.25, 0.3) is 0 Å². The summed E-state index contributed by atoms with van der Waals surface area (Å²) >= 11 is 0. The molecule has 1 heterocycles. The van der Waals surface area contributed by atoms with Crippen molar-refractivity contribution in [2.45, 2.75) is 33.6 Å². The van der Waals surface area contributed by atoms with Crippen molar-refractivity contribution in [2.75, 3.05) is 42.9 Å². The summed E-state index contributed by atoms with van der Waals surface area (Å²) < 4.78 is 0. The van der Waals surface area contributed by atoms with Crippen LogP contribution in [0.4, 0.5) is 11.4 Å². The van der Waals surface area contributed by atoms with E-state index in [-0.39, 0.29) is 5.91 Å². The predicted octanol–water partition coefficient (Wildman–Crippen LogP) is 4.02. The molecule has 1 aliphatic rings. The van der Waals surface area contributed by atoms with Crippen LogP contribution in [0.25, 0.3) is 0 Å². The molecule has 1 amide bonds. The normalized spacial score (nSPS) is 15.0. The minimum atomic E-state index is 0.104. The highest BCUT2D eigenvalue weighted by Crippen LogP contribution is 2.24. The minimum Gasteiger partial charge on any atom is -0.369 e. The Morgan fingerprint density at radius 3 is 2.48 bits per heavy atom. The Hall–Kier alpha value is -2.33. The number of anilines is 2. The number of rotatable bonds is 6. The molecule has 4 heteroatoms. The summed E-state index contributed by atoms with van der Waals surface area (Å²) in [5, 5.41) is 3.07. The average molecular weight is 366 g/mol. The Labute approximate surface area is 163 Å². The molecular formula is C23H31N3O. The van der Waals surface area contributed by atoms with E-state index in [1.807, 2.05) is 18.2 Å². The van der Waals surface area contributed by atoms with Gasteiger partial charge in [-0.2, -0.15) is 0 Å². The summed E-state index contributed by atoms with van der Waals surface area (Å²) in [6.45, 7) is 11.4. The van der Waals surface area contributed by atoms with Crippen LogP contribution in [0.15, 0.2) is 42.5 Å². The summed E-state index contributed by atoms with van der Waals surface area (Å²) in [4.78, 5) is 17.2. The molecule has 3 rings (SSSR count). The number of amides is 1. The third-order valence-electron chi connectivity index (χ3n) is 5.62. The zero-order chi connectivity index (χ0) is 19.2. The topological polar surface area (TPSA) is 35.6 Å². The fourth-order valence-corrected chi connectivity index (χ4v) is 3.71. The standard InChI is InChI=1S/C23H31N3O/c1-4-20-9-5-6-10-21(20)24-23(27)12-13-25-14-16-26(17-15-25)22-11-7-8-18(2)19(22)3/h5-11H,4,12-17H2,1-3H3,(H,24,27). The lowest BCUT2D eigenvalue weighted by molar-refractivity contribution is -0.116. The number of para-hydroxylation sites is 1. The molecule has 1 aliphatic heterocycles. The van der Waals surface area contributed by atoms with E-state index >= 15 is 0 Å². The molecule has 1 saturated heterocycles. The Bertz CT molecular complexity index is 779. The fourth-order valence-electron chi connectivity index (χ4n) is 3.71. The molecule has 1 fully saturated rings. The lowest BCUT2D eigenvalue weighted by Gasteiger charge is -2.37. The Kier molecular flexibility index (Phi) is 6.51. The average Bonchev–Trinajstić information content (AvgIpc) is 2.69. The molecule has 0 aliphatic carbocycles. The van der Waals surface area contributed by atoms with Crippen LogP contribution in [0.1, 0.15) is 30.0 Å². The van der Waals surface area contributed by atoms with Gasteiger partial charge in [0.15, 0.2) is 0 Å². The molecular weight excluding hydrogens is 334 g/mol. The Balaban J connectivity index is 1.47. The molecule has 0 saturated carbocycles. The first kappa shape index (κ1) is 19.4. The van der Waals surface area contributed by atoms with Gasteiger partial charge in [-0.25, -0.2) is 0 Å². The first-order chi connectivity index (χ1) is 13.1. The minimum absolute atomic E-state index is 0.104. The summed E-state index contributed by atoms with van der Waals surface area (Å²) in [7, 11) is 0. The Morgan fingerprint density at radius 2 is 1.74 bits per heavy atom. The first-order valence-corrected chi connectivity index (χ1v) is 9.99. The number of aryl methyl sites for hydroxylation is 2. The van der Waals surface area contributed by atoms with Gasteiger partial charge in [-0.15, -0.1) is 0 Å². The van der Waals surface area contributed by atoms with Crippen molar-refractivity contribution in [3.63, 3.8) is 0 Å². The molecule has 2 aromatic carbocycles. The maximum absolute atomic E-state index is 12.3. The fraction of sp³-hybridized carbons (Fsp3) is 0.435. The molecule has 2 aromatic rings. The maximum Gasteiger partial charge on any atom is 0.225 e. The van der Waals surface area contributed by atoms with Crippen LogP contribution in [0.2, 0.25) is 0 Å². The highest BCUT2D eigenvalue weighted by Gasteiger charge is 2.19. The van der Waals surface area contributed by atoms with E-state index < -0.39 is 0 Å². The van der Waals surface area contributed by atoms with E-state index in [0.717, 1.165) is 44.8 Å². The molecule has 0 radical (unpaired) electrons. The van der Waals surface area contributed by atoms with Gasteiger partial charge >= 0.3 is 0 Å². The van der Waals surface area contributed by atoms with Crippen LogP contribution in [-0.2, 0) is 11.2 Å². The second-order valence-electron chi connectivity index (χ2n) is 7.36. The van der Waals surface area contributed by atoms with Crippen LogP contribution in [-0.4, -0.2) is 43.5 Å². The zero-order valence-corrected chi connectivity index (χ0v) is 16.8. The van der Waals surface area contributed by atoms with E-state index in [1.165, 1.54) is 22.4 Å².